The molecule has 0 aromatic heterocycles. The molecule has 0 saturated carbocycles. The highest BCUT2D eigenvalue weighted by Crippen LogP contribution is 2.14. The number of amides is 1. The molecule has 238 valence electrons. The van der Waals surface area contributed by atoms with Crippen molar-refractivity contribution >= 4 is 16.0 Å². The van der Waals surface area contributed by atoms with Gasteiger partial charge in [0.15, 0.2) is 0 Å². The van der Waals surface area contributed by atoms with E-state index in [0.717, 1.165) is 38.5 Å². The smallest absolute Gasteiger partial charge is 0.267 e. The molecule has 2 atom stereocenters. The minimum absolute atomic E-state index is 0.280. The van der Waals surface area contributed by atoms with E-state index in [2.05, 4.69) is 19.2 Å². The van der Waals surface area contributed by atoms with Gasteiger partial charge in [0.2, 0.25) is 5.91 Å². The van der Waals surface area contributed by atoms with E-state index in [4.69, 9.17) is 0 Å². The van der Waals surface area contributed by atoms with Crippen molar-refractivity contribution in [2.45, 2.75) is 187 Å². The van der Waals surface area contributed by atoms with Gasteiger partial charge < -0.3 is 10.4 Å². The van der Waals surface area contributed by atoms with Crippen LogP contribution in [0.15, 0.2) is 12.2 Å². The fourth-order valence-electron chi connectivity index (χ4n) is 5.15. The van der Waals surface area contributed by atoms with E-state index in [1.807, 2.05) is 6.08 Å². The zero-order valence-electron chi connectivity index (χ0n) is 26.2. The van der Waals surface area contributed by atoms with Gasteiger partial charge in [-0.1, -0.05) is 161 Å². The molecule has 0 rings (SSSR count). The molecule has 0 aromatic rings. The summed E-state index contributed by atoms with van der Waals surface area (Å²) in [5.74, 6) is -0.974. The molecular formula is C33H65NO5S. The van der Waals surface area contributed by atoms with E-state index in [9.17, 15) is 22.9 Å². The van der Waals surface area contributed by atoms with Crippen LogP contribution in [-0.2, 0) is 14.9 Å². The average molecular weight is 588 g/mol. The standard InChI is InChI=1S/C33H65NO5S/c1-3-5-7-9-11-13-14-15-16-17-18-19-20-21-23-25-27-29-33(36)34-31(30-40(37,38)39)32(35)28-26-24-22-12-10-8-6-4-2/h26,28,31-32,35H,3-25,27,29-30H2,1-2H3,(H,34,36)(H,37,38,39)/b28-26+. The van der Waals surface area contributed by atoms with Crippen LogP contribution in [0.3, 0.4) is 0 Å². The Balaban J connectivity index is 3.89. The number of aliphatic hydroxyl groups excluding tert-OH is 1. The lowest BCUT2D eigenvalue weighted by molar-refractivity contribution is -0.122. The molecule has 0 fully saturated rings. The van der Waals surface area contributed by atoms with E-state index in [1.165, 1.54) is 122 Å². The van der Waals surface area contributed by atoms with Crippen molar-refractivity contribution < 1.29 is 22.9 Å². The first-order valence-corrected chi connectivity index (χ1v) is 18.5. The van der Waals surface area contributed by atoms with Crippen molar-refractivity contribution in [3.63, 3.8) is 0 Å². The highest BCUT2D eigenvalue weighted by molar-refractivity contribution is 7.85. The number of hydrogen-bond acceptors (Lipinski definition) is 4. The maximum Gasteiger partial charge on any atom is 0.267 e. The molecule has 0 aliphatic rings. The predicted molar refractivity (Wildman–Crippen MR) is 170 cm³/mol. The van der Waals surface area contributed by atoms with Crippen LogP contribution < -0.4 is 5.32 Å². The van der Waals surface area contributed by atoms with Gasteiger partial charge in [-0.3, -0.25) is 9.35 Å². The van der Waals surface area contributed by atoms with Crippen molar-refractivity contribution in [2.24, 2.45) is 0 Å². The number of aliphatic hydroxyl groups is 1. The highest BCUT2D eigenvalue weighted by Gasteiger charge is 2.24. The summed E-state index contributed by atoms with van der Waals surface area (Å²) in [5.41, 5.74) is 0. The number of nitrogens with one attached hydrogen (secondary N) is 1. The Kier molecular flexibility index (Phi) is 27.6. The minimum Gasteiger partial charge on any atom is -0.387 e. The largest absolute Gasteiger partial charge is 0.387 e. The zero-order valence-corrected chi connectivity index (χ0v) is 27.0. The summed E-state index contributed by atoms with van der Waals surface area (Å²) in [6.45, 7) is 4.45. The first kappa shape index (κ1) is 39.1. The summed E-state index contributed by atoms with van der Waals surface area (Å²) < 4.78 is 32.1. The van der Waals surface area contributed by atoms with E-state index < -0.39 is 28.0 Å². The fraction of sp³-hybridized carbons (Fsp3) is 0.909. The molecule has 6 nitrogen and oxygen atoms in total. The minimum atomic E-state index is -4.32. The van der Waals surface area contributed by atoms with Crippen LogP contribution in [0.5, 0.6) is 0 Å². The van der Waals surface area contributed by atoms with E-state index in [1.54, 1.807) is 0 Å². The molecular weight excluding hydrogens is 522 g/mol. The van der Waals surface area contributed by atoms with Crippen molar-refractivity contribution in [2.75, 3.05) is 5.75 Å². The van der Waals surface area contributed by atoms with Gasteiger partial charge in [-0.15, -0.1) is 0 Å². The molecule has 0 bridgehead atoms. The van der Waals surface area contributed by atoms with Gasteiger partial charge in [-0.05, 0) is 19.3 Å². The maximum absolute atomic E-state index is 12.4. The lowest BCUT2D eigenvalue weighted by Crippen LogP contribution is -2.46. The van der Waals surface area contributed by atoms with Crippen LogP contribution in [0.1, 0.15) is 174 Å². The molecule has 0 aromatic carbocycles. The van der Waals surface area contributed by atoms with Crippen LogP contribution >= 0.6 is 0 Å². The second-order valence-corrected chi connectivity index (χ2v) is 13.3. The zero-order chi connectivity index (χ0) is 29.7. The number of unbranched alkanes of at least 4 members (excludes halogenated alkanes) is 22. The van der Waals surface area contributed by atoms with Gasteiger partial charge in [0.05, 0.1) is 17.9 Å². The SMILES string of the molecule is CCCCCCCC/C=C/C(O)C(CS(=O)(=O)O)NC(=O)CCCCCCCCCCCCCCCCCCC. The summed E-state index contributed by atoms with van der Waals surface area (Å²) in [6.07, 6.45) is 32.1. The number of carbonyl (C=O) groups is 1. The molecule has 0 radical (unpaired) electrons. The van der Waals surface area contributed by atoms with Gasteiger partial charge >= 0.3 is 0 Å². The highest BCUT2D eigenvalue weighted by atomic mass is 32.2. The van der Waals surface area contributed by atoms with Crippen molar-refractivity contribution in [3.8, 4) is 0 Å². The molecule has 0 saturated heterocycles. The van der Waals surface area contributed by atoms with E-state index in [-0.39, 0.29) is 5.91 Å². The summed E-state index contributed by atoms with van der Waals surface area (Å²) >= 11 is 0. The summed E-state index contributed by atoms with van der Waals surface area (Å²) in [4.78, 5) is 12.4. The summed E-state index contributed by atoms with van der Waals surface area (Å²) in [6, 6.07) is -1.05. The van der Waals surface area contributed by atoms with Gasteiger partial charge in [-0.25, -0.2) is 0 Å². The molecule has 2 unspecified atom stereocenters. The second-order valence-electron chi connectivity index (χ2n) is 11.8. The third kappa shape index (κ3) is 28.6. The lowest BCUT2D eigenvalue weighted by atomic mass is 10.0. The Hall–Kier alpha value is -0.920. The predicted octanol–water partition coefficient (Wildman–Crippen LogP) is 9.07. The normalized spacial score (nSPS) is 13.6. The van der Waals surface area contributed by atoms with Crippen molar-refractivity contribution in [1.29, 1.82) is 0 Å². The van der Waals surface area contributed by atoms with Crippen molar-refractivity contribution in [3.05, 3.63) is 12.2 Å². The lowest BCUT2D eigenvalue weighted by Gasteiger charge is -2.21. The summed E-state index contributed by atoms with van der Waals surface area (Å²) in [7, 11) is -4.32. The third-order valence-corrected chi connectivity index (χ3v) is 8.49. The first-order valence-electron chi connectivity index (χ1n) is 16.9. The topological polar surface area (TPSA) is 104 Å². The molecule has 7 heteroatoms. The first-order chi connectivity index (χ1) is 19.3. The Labute approximate surface area is 248 Å². The molecule has 0 heterocycles. The van der Waals surface area contributed by atoms with Crippen LogP contribution in [0, 0.1) is 0 Å². The maximum atomic E-state index is 12.4. The number of carbonyl (C=O) groups excluding carboxylic acids is 1. The van der Waals surface area contributed by atoms with E-state index in [0.29, 0.717) is 6.42 Å². The monoisotopic (exact) mass is 587 g/mol. The van der Waals surface area contributed by atoms with Crippen LogP contribution in [0.2, 0.25) is 0 Å². The fourth-order valence-corrected chi connectivity index (χ4v) is 5.89. The molecule has 0 aliphatic carbocycles. The van der Waals surface area contributed by atoms with Gasteiger partial charge in [0, 0.05) is 6.42 Å². The Morgan fingerprint density at radius 3 is 1.43 bits per heavy atom. The third-order valence-electron chi connectivity index (χ3n) is 7.71. The Morgan fingerprint density at radius 2 is 1.02 bits per heavy atom. The number of allylic oxidation sites excluding steroid dienone is 1. The Morgan fingerprint density at radius 1 is 0.650 bits per heavy atom. The van der Waals surface area contributed by atoms with E-state index >= 15 is 0 Å². The molecule has 0 spiro atoms. The second kappa shape index (κ2) is 28.2. The van der Waals surface area contributed by atoms with Crippen molar-refractivity contribution in [1.82, 2.24) is 5.32 Å². The van der Waals surface area contributed by atoms with Crippen LogP contribution in [0.25, 0.3) is 0 Å². The molecule has 40 heavy (non-hydrogen) atoms. The quantitative estimate of drug-likeness (QED) is 0.0442. The molecule has 3 N–H and O–H groups in total. The van der Waals surface area contributed by atoms with Crippen LogP contribution in [-0.4, -0.2) is 41.9 Å². The van der Waals surface area contributed by atoms with Gasteiger partial charge in [-0.2, -0.15) is 8.42 Å². The van der Waals surface area contributed by atoms with Crippen LogP contribution in [0.4, 0.5) is 0 Å². The summed E-state index contributed by atoms with van der Waals surface area (Å²) in [5, 5.41) is 13.1. The molecule has 0 aliphatic heterocycles. The number of rotatable bonds is 30. The van der Waals surface area contributed by atoms with Gasteiger partial charge in [0.1, 0.15) is 0 Å². The Bertz CT molecular complexity index is 695. The van der Waals surface area contributed by atoms with Gasteiger partial charge in [0.25, 0.3) is 10.1 Å². The number of hydrogen-bond donors (Lipinski definition) is 3. The average Bonchev–Trinajstić information content (AvgIpc) is 2.90. The molecule has 1 amide bonds.